The van der Waals surface area contributed by atoms with Crippen LogP contribution in [0.15, 0.2) is 42.5 Å². The SMILES string of the molecule is CC(=O)c1cc2c(cc1NC(=O)CCCOc1ccccc1)OCO2. The molecule has 0 saturated heterocycles. The van der Waals surface area contributed by atoms with E-state index in [-0.39, 0.29) is 18.5 Å². The molecule has 25 heavy (non-hydrogen) atoms. The Hall–Kier alpha value is -3.02. The number of Topliss-reactive ketones (excluding diaryl/α,β-unsaturated/α-hetero) is 1. The topological polar surface area (TPSA) is 73.9 Å². The van der Waals surface area contributed by atoms with Gasteiger partial charge in [-0.1, -0.05) is 18.2 Å². The number of anilines is 1. The van der Waals surface area contributed by atoms with Crippen LogP contribution < -0.4 is 19.5 Å². The Morgan fingerprint density at radius 1 is 1.12 bits per heavy atom. The zero-order chi connectivity index (χ0) is 17.6. The second-order valence-corrected chi connectivity index (χ2v) is 5.62. The first-order chi connectivity index (χ1) is 12.1. The average Bonchev–Trinajstić information content (AvgIpc) is 3.06. The van der Waals surface area contributed by atoms with Crippen LogP contribution in [-0.4, -0.2) is 25.1 Å². The zero-order valence-electron chi connectivity index (χ0n) is 13.9. The van der Waals surface area contributed by atoms with Crippen LogP contribution in [-0.2, 0) is 4.79 Å². The minimum absolute atomic E-state index is 0.112. The number of ketones is 1. The number of benzene rings is 2. The molecule has 2 aromatic rings. The minimum atomic E-state index is -0.182. The summed E-state index contributed by atoms with van der Waals surface area (Å²) in [5.74, 6) is 1.48. The van der Waals surface area contributed by atoms with Crippen molar-refractivity contribution in [2.24, 2.45) is 0 Å². The van der Waals surface area contributed by atoms with Crippen molar-refractivity contribution in [2.45, 2.75) is 19.8 Å². The molecule has 0 radical (unpaired) electrons. The summed E-state index contributed by atoms with van der Waals surface area (Å²) in [6.07, 6.45) is 0.860. The third-order valence-electron chi connectivity index (χ3n) is 3.73. The van der Waals surface area contributed by atoms with Gasteiger partial charge in [-0.25, -0.2) is 0 Å². The highest BCUT2D eigenvalue weighted by atomic mass is 16.7. The van der Waals surface area contributed by atoms with Gasteiger partial charge in [0, 0.05) is 18.1 Å². The van der Waals surface area contributed by atoms with E-state index in [1.165, 1.54) is 6.92 Å². The Bertz CT molecular complexity index is 773. The largest absolute Gasteiger partial charge is 0.494 e. The highest BCUT2D eigenvalue weighted by Crippen LogP contribution is 2.37. The van der Waals surface area contributed by atoms with Crippen LogP contribution in [0.5, 0.6) is 17.2 Å². The molecule has 0 aromatic heterocycles. The summed E-state index contributed by atoms with van der Waals surface area (Å²) >= 11 is 0. The van der Waals surface area contributed by atoms with Crippen molar-refractivity contribution in [1.29, 1.82) is 0 Å². The molecule has 0 atom stereocenters. The lowest BCUT2D eigenvalue weighted by Gasteiger charge is -2.11. The summed E-state index contributed by atoms with van der Waals surface area (Å²) in [4.78, 5) is 23.9. The molecule has 1 heterocycles. The monoisotopic (exact) mass is 341 g/mol. The van der Waals surface area contributed by atoms with Crippen LogP contribution >= 0.6 is 0 Å². The number of carbonyl (C=O) groups excluding carboxylic acids is 2. The van der Waals surface area contributed by atoms with Crippen LogP contribution in [0.2, 0.25) is 0 Å². The smallest absolute Gasteiger partial charge is 0.231 e. The lowest BCUT2D eigenvalue weighted by molar-refractivity contribution is -0.116. The first-order valence-corrected chi connectivity index (χ1v) is 8.06. The van der Waals surface area contributed by atoms with E-state index in [0.717, 1.165) is 5.75 Å². The van der Waals surface area contributed by atoms with Gasteiger partial charge in [-0.3, -0.25) is 9.59 Å². The Labute approximate surface area is 145 Å². The van der Waals surface area contributed by atoms with Gasteiger partial charge in [-0.15, -0.1) is 0 Å². The highest BCUT2D eigenvalue weighted by molar-refractivity contribution is 6.04. The first-order valence-electron chi connectivity index (χ1n) is 8.06. The van der Waals surface area contributed by atoms with Crippen LogP contribution in [0, 0.1) is 0 Å². The lowest BCUT2D eigenvalue weighted by Crippen LogP contribution is -2.15. The molecule has 6 nitrogen and oxygen atoms in total. The quantitative estimate of drug-likeness (QED) is 0.617. The molecule has 1 aliphatic rings. The van der Waals surface area contributed by atoms with Crippen LogP contribution in [0.25, 0.3) is 0 Å². The molecule has 6 heteroatoms. The predicted molar refractivity (Wildman–Crippen MR) is 92.4 cm³/mol. The fraction of sp³-hybridized carbons (Fsp3) is 0.263. The van der Waals surface area contributed by atoms with Gasteiger partial charge in [0.25, 0.3) is 0 Å². The van der Waals surface area contributed by atoms with Crippen LogP contribution in [0.1, 0.15) is 30.1 Å². The van der Waals surface area contributed by atoms with E-state index in [9.17, 15) is 9.59 Å². The Morgan fingerprint density at radius 2 is 1.84 bits per heavy atom. The number of carbonyl (C=O) groups is 2. The Balaban J connectivity index is 1.55. The molecule has 3 rings (SSSR count). The van der Waals surface area contributed by atoms with Crippen molar-refractivity contribution in [3.63, 3.8) is 0 Å². The fourth-order valence-electron chi connectivity index (χ4n) is 2.49. The molecular formula is C19H19NO5. The van der Waals surface area contributed by atoms with Gasteiger partial charge in [0.1, 0.15) is 5.75 Å². The highest BCUT2D eigenvalue weighted by Gasteiger charge is 2.20. The summed E-state index contributed by atoms with van der Waals surface area (Å²) < 4.78 is 16.1. The van der Waals surface area contributed by atoms with E-state index < -0.39 is 0 Å². The summed E-state index contributed by atoms with van der Waals surface area (Å²) in [5, 5.41) is 2.77. The van der Waals surface area contributed by atoms with Crippen molar-refractivity contribution in [1.82, 2.24) is 0 Å². The van der Waals surface area contributed by atoms with Crippen molar-refractivity contribution in [3.05, 3.63) is 48.0 Å². The lowest BCUT2D eigenvalue weighted by atomic mass is 10.1. The molecule has 130 valence electrons. The second-order valence-electron chi connectivity index (χ2n) is 5.62. The molecule has 0 saturated carbocycles. The fourth-order valence-corrected chi connectivity index (χ4v) is 2.49. The van der Waals surface area contributed by atoms with Crippen molar-refractivity contribution in [2.75, 3.05) is 18.7 Å². The number of rotatable bonds is 7. The summed E-state index contributed by atoms with van der Waals surface area (Å²) in [7, 11) is 0. The van der Waals surface area contributed by atoms with E-state index >= 15 is 0 Å². The maximum absolute atomic E-state index is 12.1. The molecule has 1 amide bonds. The van der Waals surface area contributed by atoms with Crippen LogP contribution in [0.4, 0.5) is 5.69 Å². The third-order valence-corrected chi connectivity index (χ3v) is 3.73. The number of fused-ring (bicyclic) bond motifs is 1. The number of amides is 1. The van der Waals surface area contributed by atoms with Crippen LogP contribution in [0.3, 0.4) is 0 Å². The normalized spacial score (nSPS) is 11.9. The maximum atomic E-state index is 12.1. The number of para-hydroxylation sites is 1. The van der Waals surface area contributed by atoms with Crippen molar-refractivity contribution in [3.8, 4) is 17.2 Å². The molecule has 0 unspecified atom stereocenters. The molecule has 0 fully saturated rings. The molecule has 0 aliphatic carbocycles. The maximum Gasteiger partial charge on any atom is 0.231 e. The number of nitrogens with one attached hydrogen (secondary N) is 1. The van der Waals surface area contributed by atoms with Gasteiger partial charge >= 0.3 is 0 Å². The molecule has 0 bridgehead atoms. The van der Waals surface area contributed by atoms with E-state index in [0.29, 0.717) is 42.2 Å². The van der Waals surface area contributed by atoms with E-state index in [2.05, 4.69) is 5.32 Å². The molecule has 0 spiro atoms. The van der Waals surface area contributed by atoms with Crippen molar-refractivity contribution >= 4 is 17.4 Å². The molecule has 1 N–H and O–H groups in total. The summed E-state index contributed by atoms with van der Waals surface area (Å²) in [6.45, 7) is 2.00. The van der Waals surface area contributed by atoms with Gasteiger partial charge < -0.3 is 19.5 Å². The first kappa shape index (κ1) is 16.8. The van der Waals surface area contributed by atoms with Gasteiger partial charge in [-0.05, 0) is 31.5 Å². The molecule has 2 aromatic carbocycles. The van der Waals surface area contributed by atoms with Gasteiger partial charge in [0.15, 0.2) is 17.3 Å². The van der Waals surface area contributed by atoms with E-state index in [1.807, 2.05) is 30.3 Å². The van der Waals surface area contributed by atoms with Crippen molar-refractivity contribution < 1.29 is 23.8 Å². The molecule has 1 aliphatic heterocycles. The Morgan fingerprint density at radius 3 is 2.56 bits per heavy atom. The summed E-state index contributed by atoms with van der Waals surface area (Å²) in [5.41, 5.74) is 0.837. The standard InChI is InChI=1S/C19H19NO5/c1-13(21)15-10-17-18(25-12-24-17)11-16(15)20-19(22)8-5-9-23-14-6-3-2-4-7-14/h2-4,6-7,10-11H,5,8-9,12H2,1H3,(H,20,22). The zero-order valence-corrected chi connectivity index (χ0v) is 13.9. The average molecular weight is 341 g/mol. The van der Waals surface area contributed by atoms with E-state index in [1.54, 1.807) is 12.1 Å². The number of hydrogen-bond acceptors (Lipinski definition) is 5. The predicted octanol–water partition coefficient (Wildman–Crippen LogP) is 3.42. The minimum Gasteiger partial charge on any atom is -0.494 e. The number of hydrogen-bond donors (Lipinski definition) is 1. The molecular weight excluding hydrogens is 322 g/mol. The van der Waals surface area contributed by atoms with Gasteiger partial charge in [0.2, 0.25) is 12.7 Å². The second kappa shape index (κ2) is 7.70. The number of ether oxygens (including phenoxy) is 3. The Kier molecular flexibility index (Phi) is 5.18. The summed E-state index contributed by atoms with van der Waals surface area (Å²) in [6, 6.07) is 12.7. The van der Waals surface area contributed by atoms with E-state index in [4.69, 9.17) is 14.2 Å². The third kappa shape index (κ3) is 4.29. The van der Waals surface area contributed by atoms with Gasteiger partial charge in [0.05, 0.1) is 12.3 Å². The van der Waals surface area contributed by atoms with Gasteiger partial charge in [-0.2, -0.15) is 0 Å².